The average molecular weight is 286 g/mol. The van der Waals surface area contributed by atoms with E-state index in [1.165, 1.54) is 0 Å². The molecule has 0 atom stereocenters. The highest BCUT2D eigenvalue weighted by Crippen LogP contribution is 2.16. The van der Waals surface area contributed by atoms with Crippen LogP contribution in [0.4, 0.5) is 0 Å². The van der Waals surface area contributed by atoms with Gasteiger partial charge in [0.2, 0.25) is 0 Å². The smallest absolute Gasteiger partial charge is 0.258 e. The monoisotopic (exact) mass is 286 g/mol. The highest BCUT2D eigenvalue weighted by Gasteiger charge is 2.07. The molecule has 0 N–H and O–H groups in total. The molecular weight excluding hydrogens is 264 g/mol. The van der Waals surface area contributed by atoms with Crippen molar-refractivity contribution in [2.24, 2.45) is 0 Å². The summed E-state index contributed by atoms with van der Waals surface area (Å²) in [5.74, 6) is 1.51. The van der Waals surface area contributed by atoms with Crippen LogP contribution in [0.3, 0.4) is 0 Å². The number of nitrogens with zero attached hydrogens (tertiary/aromatic N) is 2. The SMILES string of the molecule is CCCc1cc(=O)n(-c2ccc(OC(C)C)cc2)c(C)n1. The number of ether oxygens (including phenoxy) is 1. The third-order valence-electron chi connectivity index (χ3n) is 3.11. The summed E-state index contributed by atoms with van der Waals surface area (Å²) in [6.07, 6.45) is 1.95. The topological polar surface area (TPSA) is 44.1 Å². The summed E-state index contributed by atoms with van der Waals surface area (Å²) in [5.41, 5.74) is 1.63. The highest BCUT2D eigenvalue weighted by atomic mass is 16.5. The fourth-order valence-corrected chi connectivity index (χ4v) is 2.30. The van der Waals surface area contributed by atoms with Crippen molar-refractivity contribution in [3.05, 3.63) is 52.2 Å². The fourth-order valence-electron chi connectivity index (χ4n) is 2.30. The zero-order valence-corrected chi connectivity index (χ0v) is 13.1. The first-order chi connectivity index (χ1) is 10.0. The molecule has 2 aromatic rings. The molecule has 0 amide bonds. The van der Waals surface area contributed by atoms with Crippen molar-refractivity contribution in [3.8, 4) is 11.4 Å². The van der Waals surface area contributed by atoms with Crippen LogP contribution in [0.15, 0.2) is 35.1 Å². The van der Waals surface area contributed by atoms with Crippen LogP contribution in [0.2, 0.25) is 0 Å². The lowest BCUT2D eigenvalue weighted by Crippen LogP contribution is -2.22. The van der Waals surface area contributed by atoms with Crippen LogP contribution in [0.25, 0.3) is 5.69 Å². The van der Waals surface area contributed by atoms with Crippen LogP contribution >= 0.6 is 0 Å². The molecule has 2 rings (SSSR count). The van der Waals surface area contributed by atoms with E-state index in [4.69, 9.17) is 4.74 Å². The normalized spacial score (nSPS) is 10.9. The molecule has 0 bridgehead atoms. The fraction of sp³-hybridized carbons (Fsp3) is 0.412. The standard InChI is InChI=1S/C17H22N2O2/c1-5-6-14-11-17(20)19(13(4)18-14)15-7-9-16(10-8-15)21-12(2)3/h7-12H,5-6H2,1-4H3. The van der Waals surface area contributed by atoms with Crippen LogP contribution < -0.4 is 10.3 Å². The van der Waals surface area contributed by atoms with Crippen molar-refractivity contribution in [1.82, 2.24) is 9.55 Å². The van der Waals surface area contributed by atoms with Gasteiger partial charge in [-0.1, -0.05) is 13.3 Å². The molecule has 1 aromatic carbocycles. The molecule has 21 heavy (non-hydrogen) atoms. The largest absolute Gasteiger partial charge is 0.491 e. The van der Waals surface area contributed by atoms with Crippen molar-refractivity contribution in [1.29, 1.82) is 0 Å². The average Bonchev–Trinajstić information content (AvgIpc) is 2.39. The molecule has 112 valence electrons. The third kappa shape index (κ3) is 3.72. The molecule has 4 nitrogen and oxygen atoms in total. The predicted molar refractivity (Wildman–Crippen MR) is 84.3 cm³/mol. The predicted octanol–water partition coefficient (Wildman–Crippen LogP) is 3.28. The Morgan fingerprint density at radius 2 is 1.90 bits per heavy atom. The van der Waals surface area contributed by atoms with E-state index >= 15 is 0 Å². The van der Waals surface area contributed by atoms with Crippen molar-refractivity contribution < 1.29 is 4.74 Å². The lowest BCUT2D eigenvalue weighted by Gasteiger charge is -2.13. The van der Waals surface area contributed by atoms with E-state index in [-0.39, 0.29) is 11.7 Å². The zero-order chi connectivity index (χ0) is 15.4. The van der Waals surface area contributed by atoms with E-state index in [1.807, 2.05) is 45.0 Å². The summed E-state index contributed by atoms with van der Waals surface area (Å²) < 4.78 is 7.24. The third-order valence-corrected chi connectivity index (χ3v) is 3.11. The number of benzene rings is 1. The number of aromatic nitrogens is 2. The Hall–Kier alpha value is -2.10. The van der Waals surface area contributed by atoms with Crippen molar-refractivity contribution in [2.75, 3.05) is 0 Å². The number of hydrogen-bond acceptors (Lipinski definition) is 3. The number of hydrogen-bond donors (Lipinski definition) is 0. The first-order valence-electron chi connectivity index (χ1n) is 7.38. The lowest BCUT2D eigenvalue weighted by molar-refractivity contribution is 0.242. The molecule has 0 saturated heterocycles. The second-order valence-electron chi connectivity index (χ2n) is 5.38. The molecular formula is C17H22N2O2. The second-order valence-corrected chi connectivity index (χ2v) is 5.38. The molecule has 0 spiro atoms. The quantitative estimate of drug-likeness (QED) is 0.847. The summed E-state index contributed by atoms with van der Waals surface area (Å²) in [6.45, 7) is 7.91. The summed E-state index contributed by atoms with van der Waals surface area (Å²) in [6, 6.07) is 9.14. The minimum atomic E-state index is -0.0384. The Kier molecular flexibility index (Phi) is 4.78. The molecule has 0 aliphatic carbocycles. The molecule has 0 saturated carbocycles. The maximum Gasteiger partial charge on any atom is 0.258 e. The van der Waals surface area contributed by atoms with Gasteiger partial charge in [0.15, 0.2) is 0 Å². The van der Waals surface area contributed by atoms with Crippen LogP contribution in [-0.2, 0) is 6.42 Å². The van der Waals surface area contributed by atoms with Gasteiger partial charge in [0.05, 0.1) is 11.8 Å². The van der Waals surface area contributed by atoms with Crippen molar-refractivity contribution >= 4 is 0 Å². The Balaban J connectivity index is 2.36. The molecule has 0 aliphatic heterocycles. The minimum Gasteiger partial charge on any atom is -0.491 e. The molecule has 1 heterocycles. The van der Waals surface area contributed by atoms with Gasteiger partial charge in [-0.05, 0) is 51.5 Å². The van der Waals surface area contributed by atoms with Gasteiger partial charge in [-0.15, -0.1) is 0 Å². The Labute approximate surface area is 125 Å². The van der Waals surface area contributed by atoms with Gasteiger partial charge in [0.1, 0.15) is 11.6 Å². The summed E-state index contributed by atoms with van der Waals surface area (Å²) >= 11 is 0. The van der Waals surface area contributed by atoms with E-state index in [9.17, 15) is 4.79 Å². The van der Waals surface area contributed by atoms with Gasteiger partial charge in [-0.2, -0.15) is 0 Å². The van der Waals surface area contributed by atoms with E-state index in [0.717, 1.165) is 30.0 Å². The lowest BCUT2D eigenvalue weighted by atomic mass is 10.2. The molecule has 0 fully saturated rings. The van der Waals surface area contributed by atoms with Crippen LogP contribution in [0.1, 0.15) is 38.7 Å². The number of aryl methyl sites for hydroxylation is 2. The highest BCUT2D eigenvalue weighted by molar-refractivity contribution is 5.38. The minimum absolute atomic E-state index is 0.0384. The van der Waals surface area contributed by atoms with Crippen molar-refractivity contribution in [2.45, 2.75) is 46.6 Å². The van der Waals surface area contributed by atoms with E-state index in [2.05, 4.69) is 11.9 Å². The maximum absolute atomic E-state index is 12.3. The Bertz CT molecular complexity index is 657. The van der Waals surface area contributed by atoms with Gasteiger partial charge >= 0.3 is 0 Å². The summed E-state index contributed by atoms with van der Waals surface area (Å²) in [5, 5.41) is 0. The van der Waals surface area contributed by atoms with Crippen LogP contribution in [-0.4, -0.2) is 15.7 Å². The second kappa shape index (κ2) is 6.57. The van der Waals surface area contributed by atoms with Gasteiger partial charge in [-0.25, -0.2) is 4.98 Å². The Morgan fingerprint density at radius 3 is 2.43 bits per heavy atom. The summed E-state index contributed by atoms with van der Waals surface area (Å²) in [7, 11) is 0. The summed E-state index contributed by atoms with van der Waals surface area (Å²) in [4.78, 5) is 16.8. The van der Waals surface area contributed by atoms with Gasteiger partial charge in [-0.3, -0.25) is 9.36 Å². The first kappa shape index (κ1) is 15.3. The van der Waals surface area contributed by atoms with Crippen LogP contribution in [0.5, 0.6) is 5.75 Å². The van der Waals surface area contributed by atoms with E-state index in [1.54, 1.807) is 10.6 Å². The van der Waals surface area contributed by atoms with Gasteiger partial charge in [0, 0.05) is 11.8 Å². The Morgan fingerprint density at radius 1 is 1.24 bits per heavy atom. The van der Waals surface area contributed by atoms with E-state index < -0.39 is 0 Å². The van der Waals surface area contributed by atoms with Gasteiger partial charge < -0.3 is 4.74 Å². The molecule has 0 radical (unpaired) electrons. The molecule has 0 aliphatic rings. The van der Waals surface area contributed by atoms with Crippen LogP contribution in [0, 0.1) is 6.92 Å². The van der Waals surface area contributed by atoms with Gasteiger partial charge in [0.25, 0.3) is 5.56 Å². The number of rotatable bonds is 5. The molecule has 0 unspecified atom stereocenters. The molecule has 1 aromatic heterocycles. The van der Waals surface area contributed by atoms with E-state index in [0.29, 0.717) is 5.82 Å². The molecule has 4 heteroatoms. The maximum atomic E-state index is 12.3. The zero-order valence-electron chi connectivity index (χ0n) is 13.1. The van der Waals surface area contributed by atoms with Crippen molar-refractivity contribution in [3.63, 3.8) is 0 Å². The first-order valence-corrected chi connectivity index (χ1v) is 7.38.